The van der Waals surface area contributed by atoms with Gasteiger partial charge in [0, 0.05) is 18.0 Å². The highest BCUT2D eigenvalue weighted by Crippen LogP contribution is 2.30. The van der Waals surface area contributed by atoms with E-state index in [0.717, 1.165) is 32.4 Å². The molecule has 16 heavy (non-hydrogen) atoms. The molecule has 2 rings (SSSR count). The first-order chi connectivity index (χ1) is 7.83. The number of nitrogens with one attached hydrogen (secondary N) is 1. The zero-order valence-electron chi connectivity index (χ0n) is 9.61. The van der Waals surface area contributed by atoms with E-state index in [0.29, 0.717) is 0 Å². The fourth-order valence-corrected chi connectivity index (χ4v) is 3.02. The Hall–Kier alpha value is -1.03. The molecule has 0 aliphatic carbocycles. The van der Waals surface area contributed by atoms with Crippen molar-refractivity contribution in [3.05, 3.63) is 22.4 Å². The van der Waals surface area contributed by atoms with Gasteiger partial charge in [0.15, 0.2) is 0 Å². The molecule has 1 unspecified atom stereocenters. The molecule has 1 aromatic rings. The number of thiophene rings is 1. The van der Waals surface area contributed by atoms with Gasteiger partial charge in [-0.25, -0.2) is 4.79 Å². The standard InChI is InChI=1S/C12H18N2OS/c1-2-5-10(11-6-3-9-16-11)14-8-4-7-13-12(14)15/h3,6,9-10H,2,4-5,7-8H2,1H3,(H,13,15). The molecule has 0 radical (unpaired) electrons. The molecule has 1 atom stereocenters. The van der Waals surface area contributed by atoms with Crippen LogP contribution in [-0.2, 0) is 0 Å². The molecule has 1 saturated heterocycles. The Balaban J connectivity index is 2.15. The minimum absolute atomic E-state index is 0.0955. The van der Waals surface area contributed by atoms with Gasteiger partial charge in [0.2, 0.25) is 0 Å². The summed E-state index contributed by atoms with van der Waals surface area (Å²) in [5.41, 5.74) is 0. The fourth-order valence-electron chi connectivity index (χ4n) is 2.15. The second kappa shape index (κ2) is 5.34. The third kappa shape index (κ3) is 2.38. The van der Waals surface area contributed by atoms with Crippen LogP contribution in [0.5, 0.6) is 0 Å². The van der Waals surface area contributed by atoms with E-state index < -0.39 is 0 Å². The maximum absolute atomic E-state index is 11.8. The van der Waals surface area contributed by atoms with E-state index in [1.807, 2.05) is 4.90 Å². The largest absolute Gasteiger partial charge is 0.338 e. The molecule has 1 aliphatic rings. The van der Waals surface area contributed by atoms with E-state index in [2.05, 4.69) is 29.8 Å². The second-order valence-corrected chi connectivity index (χ2v) is 5.08. The molecule has 4 heteroatoms. The second-order valence-electron chi connectivity index (χ2n) is 4.10. The van der Waals surface area contributed by atoms with Gasteiger partial charge >= 0.3 is 6.03 Å². The molecule has 0 bridgehead atoms. The lowest BCUT2D eigenvalue weighted by molar-refractivity contribution is 0.158. The first-order valence-corrected chi connectivity index (χ1v) is 6.78. The monoisotopic (exact) mass is 238 g/mol. The van der Waals surface area contributed by atoms with Gasteiger partial charge in [-0.2, -0.15) is 0 Å². The van der Waals surface area contributed by atoms with Crippen molar-refractivity contribution in [1.29, 1.82) is 0 Å². The molecule has 0 aromatic carbocycles. The summed E-state index contributed by atoms with van der Waals surface area (Å²) < 4.78 is 0. The number of carbonyl (C=O) groups excluding carboxylic acids is 1. The van der Waals surface area contributed by atoms with Crippen LogP contribution in [0.2, 0.25) is 0 Å². The SMILES string of the molecule is CCCC(c1cccs1)N1CCCNC1=O. The first kappa shape index (κ1) is 11.5. The fraction of sp³-hybridized carbons (Fsp3) is 0.583. The predicted molar refractivity (Wildman–Crippen MR) is 66.7 cm³/mol. The van der Waals surface area contributed by atoms with Gasteiger partial charge in [0.25, 0.3) is 0 Å². The van der Waals surface area contributed by atoms with Crippen molar-refractivity contribution in [2.24, 2.45) is 0 Å². The maximum Gasteiger partial charge on any atom is 0.317 e. The molecule has 3 nitrogen and oxygen atoms in total. The third-order valence-electron chi connectivity index (χ3n) is 2.92. The number of amides is 2. The lowest BCUT2D eigenvalue weighted by Crippen LogP contribution is -2.47. The zero-order valence-corrected chi connectivity index (χ0v) is 10.4. The summed E-state index contributed by atoms with van der Waals surface area (Å²) in [4.78, 5) is 15.1. The van der Waals surface area contributed by atoms with Crippen molar-refractivity contribution < 1.29 is 4.79 Å². The normalized spacial score (nSPS) is 18.3. The number of urea groups is 1. The van der Waals surface area contributed by atoms with Crippen molar-refractivity contribution >= 4 is 17.4 Å². The van der Waals surface area contributed by atoms with Crippen LogP contribution in [0.25, 0.3) is 0 Å². The number of hydrogen-bond donors (Lipinski definition) is 1. The van der Waals surface area contributed by atoms with Gasteiger partial charge in [-0.05, 0) is 24.3 Å². The zero-order chi connectivity index (χ0) is 11.4. The van der Waals surface area contributed by atoms with Crippen LogP contribution in [0, 0.1) is 0 Å². The average Bonchev–Trinajstić information content (AvgIpc) is 2.80. The summed E-state index contributed by atoms with van der Waals surface area (Å²) in [7, 11) is 0. The highest BCUT2D eigenvalue weighted by atomic mass is 32.1. The number of hydrogen-bond acceptors (Lipinski definition) is 2. The highest BCUT2D eigenvalue weighted by Gasteiger charge is 2.26. The Labute approximate surface area is 100 Å². The maximum atomic E-state index is 11.8. The van der Waals surface area contributed by atoms with Gasteiger partial charge in [-0.3, -0.25) is 0 Å². The lowest BCUT2D eigenvalue weighted by atomic mass is 10.1. The summed E-state index contributed by atoms with van der Waals surface area (Å²) in [6, 6.07) is 4.56. The molecule has 2 heterocycles. The van der Waals surface area contributed by atoms with Crippen LogP contribution in [0.3, 0.4) is 0 Å². The van der Waals surface area contributed by atoms with E-state index in [1.165, 1.54) is 4.88 Å². The highest BCUT2D eigenvalue weighted by molar-refractivity contribution is 7.10. The molecular formula is C12H18N2OS. The van der Waals surface area contributed by atoms with E-state index >= 15 is 0 Å². The van der Waals surface area contributed by atoms with E-state index in [4.69, 9.17) is 0 Å². The summed E-state index contributed by atoms with van der Waals surface area (Å²) in [6.45, 7) is 3.87. The lowest BCUT2D eigenvalue weighted by Gasteiger charge is -2.34. The predicted octanol–water partition coefficient (Wildman–Crippen LogP) is 3.00. The Bertz CT molecular complexity index is 337. The van der Waals surface area contributed by atoms with Crippen LogP contribution in [0.1, 0.15) is 37.1 Å². The molecular weight excluding hydrogens is 220 g/mol. The van der Waals surface area contributed by atoms with Crippen LogP contribution >= 0.6 is 11.3 Å². The Kier molecular flexibility index (Phi) is 3.83. The number of nitrogens with zero attached hydrogens (tertiary/aromatic N) is 1. The van der Waals surface area contributed by atoms with Gasteiger partial charge < -0.3 is 10.2 Å². The summed E-state index contributed by atoms with van der Waals surface area (Å²) in [6.07, 6.45) is 3.21. The minimum Gasteiger partial charge on any atom is -0.338 e. The quantitative estimate of drug-likeness (QED) is 0.859. The third-order valence-corrected chi connectivity index (χ3v) is 3.90. The van der Waals surface area contributed by atoms with Crippen molar-refractivity contribution in [3.8, 4) is 0 Å². The number of rotatable bonds is 4. The molecule has 88 valence electrons. The van der Waals surface area contributed by atoms with Gasteiger partial charge in [0.1, 0.15) is 0 Å². The van der Waals surface area contributed by atoms with Crippen LogP contribution in [0.4, 0.5) is 4.79 Å². The van der Waals surface area contributed by atoms with E-state index in [9.17, 15) is 4.79 Å². The number of carbonyl (C=O) groups is 1. The Morgan fingerprint density at radius 2 is 2.50 bits per heavy atom. The molecule has 2 amide bonds. The van der Waals surface area contributed by atoms with Crippen LogP contribution < -0.4 is 5.32 Å². The van der Waals surface area contributed by atoms with Crippen LogP contribution in [-0.4, -0.2) is 24.0 Å². The topological polar surface area (TPSA) is 32.3 Å². The summed E-state index contributed by atoms with van der Waals surface area (Å²) in [5.74, 6) is 0. The van der Waals surface area contributed by atoms with E-state index in [1.54, 1.807) is 11.3 Å². The van der Waals surface area contributed by atoms with Gasteiger partial charge in [0.05, 0.1) is 6.04 Å². The minimum atomic E-state index is 0.0955. The van der Waals surface area contributed by atoms with Crippen molar-refractivity contribution in [1.82, 2.24) is 10.2 Å². The molecule has 1 aliphatic heterocycles. The van der Waals surface area contributed by atoms with E-state index in [-0.39, 0.29) is 12.1 Å². The molecule has 0 spiro atoms. The van der Waals surface area contributed by atoms with Crippen molar-refractivity contribution in [3.63, 3.8) is 0 Å². The average molecular weight is 238 g/mol. The van der Waals surface area contributed by atoms with Gasteiger partial charge in [-0.1, -0.05) is 19.4 Å². The molecule has 1 aromatic heterocycles. The van der Waals surface area contributed by atoms with Crippen molar-refractivity contribution in [2.75, 3.05) is 13.1 Å². The molecule has 1 fully saturated rings. The summed E-state index contributed by atoms with van der Waals surface area (Å²) >= 11 is 1.74. The Morgan fingerprint density at radius 1 is 1.62 bits per heavy atom. The van der Waals surface area contributed by atoms with Gasteiger partial charge in [-0.15, -0.1) is 11.3 Å². The molecule has 1 N–H and O–H groups in total. The molecule has 0 saturated carbocycles. The smallest absolute Gasteiger partial charge is 0.317 e. The van der Waals surface area contributed by atoms with Crippen LogP contribution in [0.15, 0.2) is 17.5 Å². The first-order valence-electron chi connectivity index (χ1n) is 5.90. The summed E-state index contributed by atoms with van der Waals surface area (Å²) in [5, 5.41) is 5.01. The van der Waals surface area contributed by atoms with Crippen molar-refractivity contribution in [2.45, 2.75) is 32.2 Å². The Morgan fingerprint density at radius 3 is 3.12 bits per heavy atom.